The second-order valence-corrected chi connectivity index (χ2v) is 4.85. The normalized spacial score (nSPS) is 8.53. The molecule has 113 valence electrons. The molecule has 0 aliphatic heterocycles. The molecule has 0 bridgehead atoms. The van der Waals surface area contributed by atoms with Crippen molar-refractivity contribution in [1.82, 2.24) is 0 Å². The number of hydrogen-bond donors (Lipinski definition) is 0. The summed E-state index contributed by atoms with van der Waals surface area (Å²) >= 11 is 2.81. The van der Waals surface area contributed by atoms with E-state index in [-0.39, 0.29) is 12.8 Å². The van der Waals surface area contributed by atoms with Crippen molar-refractivity contribution in [3.05, 3.63) is 0 Å². The Morgan fingerprint density at radius 3 is 1.21 bits per heavy atom. The molecule has 0 aliphatic rings. The van der Waals surface area contributed by atoms with E-state index in [4.69, 9.17) is 0 Å². The first-order chi connectivity index (χ1) is 8.95. The summed E-state index contributed by atoms with van der Waals surface area (Å²) in [5.74, 6) is -1.86. The fourth-order valence-electron chi connectivity index (χ4n) is 1.04. The topological polar surface area (TPSA) is 80.3 Å². The SMILES string of the molecule is CCCCCC(=O)[O-].CCCCCC(=O)[O-].C[CH2][Cr+2]. The third kappa shape index (κ3) is 46.6. The number of carboxylic acid groups (broad SMARTS) is 2. The summed E-state index contributed by atoms with van der Waals surface area (Å²) in [4.78, 5) is 19.5. The van der Waals surface area contributed by atoms with Gasteiger partial charge in [-0.2, -0.15) is 0 Å². The minimum absolute atomic E-state index is 0.216. The van der Waals surface area contributed by atoms with Gasteiger partial charge in [0.05, 0.1) is 0 Å². The van der Waals surface area contributed by atoms with Gasteiger partial charge in [0, 0.05) is 11.9 Å². The Labute approximate surface area is 126 Å². The number of carboxylic acids is 2. The third-order valence-electron chi connectivity index (χ3n) is 1.97. The van der Waals surface area contributed by atoms with Gasteiger partial charge in [-0.1, -0.05) is 39.5 Å². The van der Waals surface area contributed by atoms with Gasteiger partial charge in [-0.05, 0) is 25.7 Å². The van der Waals surface area contributed by atoms with Crippen LogP contribution in [0.5, 0.6) is 0 Å². The molecule has 0 amide bonds. The van der Waals surface area contributed by atoms with Crippen molar-refractivity contribution >= 4 is 11.9 Å². The van der Waals surface area contributed by atoms with E-state index in [1.807, 2.05) is 13.8 Å². The van der Waals surface area contributed by atoms with Crippen molar-refractivity contribution in [1.29, 1.82) is 0 Å². The van der Waals surface area contributed by atoms with Crippen LogP contribution in [0.4, 0.5) is 0 Å². The molecular weight excluding hydrogens is 284 g/mol. The van der Waals surface area contributed by atoms with Crippen LogP contribution < -0.4 is 10.2 Å². The molecule has 0 aromatic heterocycles. The van der Waals surface area contributed by atoms with Crippen LogP contribution in [0.25, 0.3) is 0 Å². The quantitative estimate of drug-likeness (QED) is 0.638. The Balaban J connectivity index is -0.000000224. The molecule has 0 radical (unpaired) electrons. The number of carbonyl (C=O) groups is 2. The molecule has 0 rings (SSSR count). The molecule has 0 aliphatic carbocycles. The van der Waals surface area contributed by atoms with Gasteiger partial charge in [0.1, 0.15) is 0 Å². The van der Waals surface area contributed by atoms with Gasteiger partial charge in [-0.25, -0.2) is 0 Å². The Morgan fingerprint density at radius 2 is 1.05 bits per heavy atom. The fourth-order valence-corrected chi connectivity index (χ4v) is 1.04. The van der Waals surface area contributed by atoms with Crippen molar-refractivity contribution in [2.45, 2.75) is 77.4 Å². The van der Waals surface area contributed by atoms with Crippen LogP contribution >= 0.6 is 0 Å². The Hall–Kier alpha value is -0.528. The van der Waals surface area contributed by atoms with Crippen molar-refractivity contribution in [3.63, 3.8) is 0 Å². The number of aliphatic carboxylic acids is 2. The molecule has 0 aromatic rings. The van der Waals surface area contributed by atoms with E-state index in [9.17, 15) is 19.8 Å². The number of rotatable bonds is 8. The third-order valence-corrected chi connectivity index (χ3v) is 1.97. The Kier molecular flexibility index (Phi) is 28.1. The van der Waals surface area contributed by atoms with E-state index in [1.165, 1.54) is 0 Å². The minimum atomic E-state index is -0.932. The van der Waals surface area contributed by atoms with Crippen molar-refractivity contribution in [2.75, 3.05) is 0 Å². The monoisotopic (exact) mass is 311 g/mol. The molecule has 0 unspecified atom stereocenters. The molecule has 0 spiro atoms. The molecule has 0 atom stereocenters. The molecule has 0 heterocycles. The molecule has 4 nitrogen and oxygen atoms in total. The van der Waals surface area contributed by atoms with Gasteiger partial charge in [-0.3, -0.25) is 0 Å². The number of carbonyl (C=O) groups excluding carboxylic acids is 2. The zero-order valence-corrected chi connectivity index (χ0v) is 13.7. The average Bonchev–Trinajstić information content (AvgIpc) is 2.31. The maximum absolute atomic E-state index is 9.76. The second kappa shape index (κ2) is 22.6. The van der Waals surface area contributed by atoms with Gasteiger partial charge in [0.15, 0.2) is 0 Å². The van der Waals surface area contributed by atoms with Gasteiger partial charge in [0.2, 0.25) is 0 Å². The number of hydrogen-bond acceptors (Lipinski definition) is 4. The van der Waals surface area contributed by atoms with E-state index < -0.39 is 11.9 Å². The van der Waals surface area contributed by atoms with Gasteiger partial charge in [0.25, 0.3) is 0 Å². The maximum atomic E-state index is 9.76. The summed E-state index contributed by atoms with van der Waals surface area (Å²) in [5, 5.41) is 20.7. The first-order valence-corrected chi connectivity index (χ1v) is 7.84. The zero-order chi connectivity index (χ0) is 15.5. The van der Waals surface area contributed by atoms with Crippen LogP contribution in [0.2, 0.25) is 5.28 Å². The van der Waals surface area contributed by atoms with Crippen molar-refractivity contribution in [3.8, 4) is 0 Å². The molecular formula is C14H27CrO4. The first-order valence-electron chi connectivity index (χ1n) is 6.93. The van der Waals surface area contributed by atoms with Gasteiger partial charge < -0.3 is 19.8 Å². The molecule has 0 fully saturated rings. The van der Waals surface area contributed by atoms with E-state index in [0.717, 1.165) is 43.8 Å². The van der Waals surface area contributed by atoms with Gasteiger partial charge in [-0.15, -0.1) is 0 Å². The second-order valence-electron chi connectivity index (χ2n) is 3.95. The summed E-state index contributed by atoms with van der Waals surface area (Å²) < 4.78 is 0. The Bertz CT molecular complexity index is 176. The Morgan fingerprint density at radius 1 is 0.789 bits per heavy atom. The summed E-state index contributed by atoms with van der Waals surface area (Å²) in [5.41, 5.74) is 0. The average molecular weight is 311 g/mol. The fraction of sp³-hybridized carbons (Fsp3) is 0.857. The first kappa shape index (κ1) is 23.6. The summed E-state index contributed by atoms with van der Waals surface area (Å²) in [6, 6.07) is 0. The van der Waals surface area contributed by atoms with Crippen LogP contribution in [0.3, 0.4) is 0 Å². The molecule has 0 saturated heterocycles. The zero-order valence-electron chi connectivity index (χ0n) is 12.4. The van der Waals surface area contributed by atoms with Crippen LogP contribution in [0.15, 0.2) is 0 Å². The van der Waals surface area contributed by atoms with Crippen molar-refractivity contribution in [2.24, 2.45) is 0 Å². The standard InChI is InChI=1S/2C6H12O2.C2H5.Cr/c2*1-2-3-4-5-6(7)8;1-2;/h2*2-5H2,1H3,(H,7,8);1H2,2H3;/q;;;+2/p-2. The van der Waals surface area contributed by atoms with Crippen LogP contribution in [0.1, 0.15) is 72.1 Å². The van der Waals surface area contributed by atoms with Crippen LogP contribution in [-0.4, -0.2) is 11.9 Å². The summed E-state index contributed by atoms with van der Waals surface area (Å²) in [7, 11) is 0. The predicted molar refractivity (Wildman–Crippen MR) is 68.8 cm³/mol. The molecule has 0 aromatic carbocycles. The van der Waals surface area contributed by atoms with E-state index >= 15 is 0 Å². The van der Waals surface area contributed by atoms with Gasteiger partial charge >= 0.3 is 28.5 Å². The van der Waals surface area contributed by atoms with Crippen LogP contribution in [0, 0.1) is 0 Å². The molecule has 19 heavy (non-hydrogen) atoms. The van der Waals surface area contributed by atoms with E-state index in [2.05, 4.69) is 23.2 Å². The van der Waals surface area contributed by atoms with E-state index in [1.54, 1.807) is 0 Å². The summed E-state index contributed by atoms with van der Waals surface area (Å²) in [6.07, 6.45) is 6.07. The number of unbranched alkanes of at least 4 members (excludes halogenated alkanes) is 4. The molecule has 5 heteroatoms. The van der Waals surface area contributed by atoms with Crippen molar-refractivity contribution < 1.29 is 36.1 Å². The van der Waals surface area contributed by atoms with E-state index in [0.29, 0.717) is 0 Å². The van der Waals surface area contributed by atoms with Crippen LogP contribution in [-0.2, 0) is 25.9 Å². The summed E-state index contributed by atoms with van der Waals surface area (Å²) in [6.45, 7) is 6.14. The predicted octanol–water partition coefficient (Wildman–Crippen LogP) is 1.60. The molecule has 0 saturated carbocycles. The molecule has 0 N–H and O–H groups in total.